The number of carbonyl (C=O) groups is 1. The minimum Gasteiger partial charge on any atom is -0.444 e. The summed E-state index contributed by atoms with van der Waals surface area (Å²) in [5, 5.41) is 0. The van der Waals surface area contributed by atoms with E-state index in [0.717, 1.165) is 18.5 Å². The molecule has 1 aliphatic heterocycles. The van der Waals surface area contributed by atoms with E-state index in [4.69, 9.17) is 9.72 Å². The Balaban J connectivity index is 1.85. The van der Waals surface area contributed by atoms with Gasteiger partial charge in [-0.05, 0) is 57.9 Å². The lowest BCUT2D eigenvalue weighted by molar-refractivity contribution is 0.0216. The largest absolute Gasteiger partial charge is 0.444 e. The van der Waals surface area contributed by atoms with Crippen molar-refractivity contribution in [2.24, 2.45) is 0 Å². The van der Waals surface area contributed by atoms with Gasteiger partial charge < -0.3 is 4.74 Å². The Hall–Kier alpha value is -3.09. The molecule has 0 saturated carbocycles. The molecule has 1 fully saturated rings. The maximum absolute atomic E-state index is 13.2. The number of fused-ring (bicyclic) bond motifs is 1. The molecule has 7 nitrogen and oxygen atoms in total. The van der Waals surface area contributed by atoms with E-state index in [-0.39, 0.29) is 17.8 Å². The van der Waals surface area contributed by atoms with Gasteiger partial charge in [0.1, 0.15) is 17.1 Å². The summed E-state index contributed by atoms with van der Waals surface area (Å²) >= 11 is 0. The van der Waals surface area contributed by atoms with Gasteiger partial charge in [-0.2, -0.15) is 0 Å². The molecule has 1 aliphatic rings. The lowest BCUT2D eigenvalue weighted by atomic mass is 10.2. The van der Waals surface area contributed by atoms with Crippen LogP contribution in [0.5, 0.6) is 0 Å². The molecule has 3 aromatic rings. The van der Waals surface area contributed by atoms with Crippen LogP contribution >= 0.6 is 0 Å². The lowest BCUT2D eigenvalue weighted by Gasteiger charge is -2.29. The van der Waals surface area contributed by atoms with Crippen molar-refractivity contribution in [3.05, 3.63) is 65.0 Å². The van der Waals surface area contributed by atoms with E-state index >= 15 is 0 Å². The quantitative estimate of drug-likeness (QED) is 0.682. The van der Waals surface area contributed by atoms with Crippen molar-refractivity contribution in [3.8, 4) is 5.69 Å². The van der Waals surface area contributed by atoms with Crippen molar-refractivity contribution in [1.29, 1.82) is 0 Å². The molecular weight excluding hydrogens is 356 g/mol. The number of amides is 1. The van der Waals surface area contributed by atoms with Gasteiger partial charge in [-0.1, -0.05) is 18.2 Å². The molecule has 1 aromatic carbocycles. The van der Waals surface area contributed by atoms with Crippen molar-refractivity contribution in [2.75, 3.05) is 6.54 Å². The van der Waals surface area contributed by atoms with E-state index in [2.05, 4.69) is 0 Å². The Bertz CT molecular complexity index is 1060. The molecule has 0 N–H and O–H groups in total. The molecule has 7 heteroatoms. The summed E-state index contributed by atoms with van der Waals surface area (Å²) in [5.41, 5.74) is 0.513. The first-order valence-corrected chi connectivity index (χ1v) is 9.50. The number of carbonyl (C=O) groups excluding carboxylic acids is 1. The van der Waals surface area contributed by atoms with Crippen molar-refractivity contribution in [2.45, 2.75) is 45.3 Å². The maximum Gasteiger partial charge on any atom is 0.410 e. The lowest BCUT2D eigenvalue weighted by Crippen LogP contribution is -2.39. The molecule has 4 rings (SSSR count). The molecule has 1 unspecified atom stereocenters. The third-order valence-electron chi connectivity index (χ3n) is 4.78. The number of ether oxygens (including phenoxy) is 1. The number of hydrogen-bond acceptors (Lipinski definition) is 4. The van der Waals surface area contributed by atoms with Gasteiger partial charge in [0.2, 0.25) is 0 Å². The third kappa shape index (κ3) is 3.28. The van der Waals surface area contributed by atoms with E-state index in [1.165, 1.54) is 4.40 Å². The first-order chi connectivity index (χ1) is 13.3. The third-order valence-corrected chi connectivity index (χ3v) is 4.78. The summed E-state index contributed by atoms with van der Waals surface area (Å²) < 4.78 is 8.70. The van der Waals surface area contributed by atoms with Gasteiger partial charge in [-0.25, -0.2) is 19.1 Å². The molecule has 0 aliphatic carbocycles. The Kier molecular flexibility index (Phi) is 4.45. The highest BCUT2D eigenvalue weighted by atomic mass is 16.6. The second-order valence-corrected chi connectivity index (χ2v) is 7.99. The van der Waals surface area contributed by atoms with Gasteiger partial charge in [-0.15, -0.1) is 0 Å². The Labute approximate surface area is 163 Å². The normalized spacial score (nSPS) is 17.2. The first kappa shape index (κ1) is 18.3. The van der Waals surface area contributed by atoms with Gasteiger partial charge in [0.05, 0.1) is 11.7 Å². The smallest absolute Gasteiger partial charge is 0.410 e. The number of rotatable bonds is 2. The fourth-order valence-corrected chi connectivity index (χ4v) is 3.62. The van der Waals surface area contributed by atoms with E-state index in [1.54, 1.807) is 27.8 Å². The van der Waals surface area contributed by atoms with Crippen LogP contribution in [0.15, 0.2) is 53.5 Å². The molecule has 146 valence electrons. The molecule has 0 spiro atoms. The molecule has 1 amide bonds. The number of benzene rings is 1. The Morgan fingerprint density at radius 2 is 1.89 bits per heavy atom. The van der Waals surface area contributed by atoms with E-state index in [1.807, 2.05) is 51.1 Å². The molecule has 0 bridgehead atoms. The molecule has 0 radical (unpaired) electrons. The SMILES string of the molecule is CC(C)(C)OC(=O)N1CCCC1c1nc2cccn2c(=O)n1-c1ccccc1. The summed E-state index contributed by atoms with van der Waals surface area (Å²) in [6.45, 7) is 6.12. The van der Waals surface area contributed by atoms with Crippen molar-refractivity contribution < 1.29 is 9.53 Å². The predicted octanol–water partition coefficient (Wildman–Crippen LogP) is 3.56. The average molecular weight is 380 g/mol. The second-order valence-electron chi connectivity index (χ2n) is 7.99. The van der Waals surface area contributed by atoms with Crippen LogP contribution in [-0.2, 0) is 4.74 Å². The Morgan fingerprint density at radius 1 is 1.14 bits per heavy atom. The number of para-hydroxylation sites is 1. The van der Waals surface area contributed by atoms with Crippen molar-refractivity contribution in [3.63, 3.8) is 0 Å². The van der Waals surface area contributed by atoms with Crippen LogP contribution in [-0.4, -0.2) is 37.1 Å². The fourth-order valence-electron chi connectivity index (χ4n) is 3.62. The van der Waals surface area contributed by atoms with Gasteiger partial charge in [-0.3, -0.25) is 9.30 Å². The van der Waals surface area contributed by atoms with Crippen molar-refractivity contribution in [1.82, 2.24) is 18.9 Å². The standard InChI is InChI=1S/C21H24N4O3/c1-21(2,3)28-20(27)23-13-7-11-16(23)18-22-17-12-8-14-24(17)19(26)25(18)15-9-5-4-6-10-15/h4-6,8-10,12,14,16H,7,11,13H2,1-3H3. The predicted molar refractivity (Wildman–Crippen MR) is 106 cm³/mol. The summed E-state index contributed by atoms with van der Waals surface area (Å²) in [6.07, 6.45) is 2.89. The molecule has 1 atom stereocenters. The number of hydrogen-bond donors (Lipinski definition) is 0. The van der Waals surface area contributed by atoms with Gasteiger partial charge in [0, 0.05) is 12.7 Å². The van der Waals surface area contributed by atoms with E-state index < -0.39 is 5.60 Å². The highest BCUT2D eigenvalue weighted by Gasteiger charge is 2.36. The minimum atomic E-state index is -0.581. The molecule has 2 aromatic heterocycles. The van der Waals surface area contributed by atoms with Crippen LogP contribution in [0.25, 0.3) is 11.3 Å². The van der Waals surface area contributed by atoms with Gasteiger partial charge >= 0.3 is 11.8 Å². The van der Waals surface area contributed by atoms with E-state index in [9.17, 15) is 9.59 Å². The second kappa shape index (κ2) is 6.82. The average Bonchev–Trinajstić information content (AvgIpc) is 3.30. The Morgan fingerprint density at radius 3 is 2.61 bits per heavy atom. The molecule has 3 heterocycles. The maximum atomic E-state index is 13.2. The van der Waals surface area contributed by atoms with E-state index in [0.29, 0.717) is 18.0 Å². The van der Waals surface area contributed by atoms with Crippen molar-refractivity contribution >= 4 is 11.7 Å². The van der Waals surface area contributed by atoms with Crippen LogP contribution in [0, 0.1) is 0 Å². The zero-order valence-corrected chi connectivity index (χ0v) is 16.3. The van der Waals surface area contributed by atoms with Crippen LogP contribution in [0.1, 0.15) is 45.5 Å². The number of likely N-dealkylation sites (tertiary alicyclic amines) is 1. The monoisotopic (exact) mass is 380 g/mol. The van der Waals surface area contributed by atoms with Gasteiger partial charge in [0.15, 0.2) is 0 Å². The highest BCUT2D eigenvalue weighted by Crippen LogP contribution is 2.33. The zero-order valence-electron chi connectivity index (χ0n) is 16.3. The van der Waals surface area contributed by atoms with Gasteiger partial charge in [0.25, 0.3) is 0 Å². The van der Waals surface area contributed by atoms with Crippen LogP contribution < -0.4 is 5.69 Å². The summed E-state index contributed by atoms with van der Waals surface area (Å²) in [4.78, 5) is 32.4. The topological polar surface area (TPSA) is 68.8 Å². The summed E-state index contributed by atoms with van der Waals surface area (Å²) in [5.74, 6) is 0.561. The van der Waals surface area contributed by atoms with Crippen LogP contribution in [0.2, 0.25) is 0 Å². The number of aromatic nitrogens is 3. The zero-order chi connectivity index (χ0) is 19.9. The molecule has 28 heavy (non-hydrogen) atoms. The van der Waals surface area contributed by atoms with Crippen LogP contribution in [0.3, 0.4) is 0 Å². The molecule has 1 saturated heterocycles. The summed E-state index contributed by atoms with van der Waals surface area (Å²) in [6, 6.07) is 12.7. The first-order valence-electron chi connectivity index (χ1n) is 9.50. The highest BCUT2D eigenvalue weighted by molar-refractivity contribution is 5.69. The number of nitrogens with zero attached hydrogens (tertiary/aromatic N) is 4. The summed E-state index contributed by atoms with van der Waals surface area (Å²) in [7, 11) is 0. The molecular formula is C21H24N4O3. The minimum absolute atomic E-state index is 0.202. The fraction of sp³-hybridized carbons (Fsp3) is 0.381. The van der Waals surface area contributed by atoms with Crippen LogP contribution in [0.4, 0.5) is 4.79 Å².